The average molecular weight is 392 g/mol. The number of carbonyl (C=O) groups is 1. The van der Waals surface area contributed by atoms with Crippen LogP contribution in [0.15, 0.2) is 65.1 Å². The van der Waals surface area contributed by atoms with Crippen molar-refractivity contribution in [3.05, 3.63) is 88.9 Å². The van der Waals surface area contributed by atoms with Crippen LogP contribution >= 0.6 is 0 Å². The Balaban J connectivity index is 1.65. The van der Waals surface area contributed by atoms with Gasteiger partial charge >= 0.3 is 0 Å². The third kappa shape index (κ3) is 5.29. The molecule has 1 amide bonds. The van der Waals surface area contributed by atoms with Crippen molar-refractivity contribution < 1.29 is 13.9 Å². The molecule has 1 N–H and O–H groups in total. The highest BCUT2D eigenvalue weighted by Gasteiger charge is 2.17. The maximum absolute atomic E-state index is 12.6. The van der Waals surface area contributed by atoms with Crippen LogP contribution in [0.2, 0.25) is 0 Å². The Morgan fingerprint density at radius 2 is 1.83 bits per heavy atom. The van der Waals surface area contributed by atoms with E-state index in [-0.39, 0.29) is 18.6 Å². The Morgan fingerprint density at radius 1 is 1.07 bits per heavy atom. The molecular weight excluding hydrogens is 362 g/mol. The summed E-state index contributed by atoms with van der Waals surface area (Å²) < 4.78 is 11.7. The van der Waals surface area contributed by atoms with Crippen molar-refractivity contribution in [1.29, 1.82) is 0 Å². The van der Waals surface area contributed by atoms with Gasteiger partial charge in [-0.2, -0.15) is 0 Å². The predicted molar refractivity (Wildman–Crippen MR) is 115 cm³/mol. The molecule has 2 aromatic carbocycles. The Hall–Kier alpha value is -3.01. The molecule has 0 spiro atoms. The zero-order valence-corrected chi connectivity index (χ0v) is 17.6. The molecule has 0 radical (unpaired) electrons. The van der Waals surface area contributed by atoms with Crippen LogP contribution in [0.1, 0.15) is 72.2 Å². The second-order valence-corrected chi connectivity index (χ2v) is 7.60. The van der Waals surface area contributed by atoms with Gasteiger partial charge in [0.1, 0.15) is 18.1 Å². The summed E-state index contributed by atoms with van der Waals surface area (Å²) in [5, 5.41) is 3.04. The van der Waals surface area contributed by atoms with Gasteiger partial charge in [-0.25, -0.2) is 0 Å². The third-order valence-corrected chi connectivity index (χ3v) is 4.96. The number of aryl methyl sites for hydroxylation is 1. The van der Waals surface area contributed by atoms with Crippen LogP contribution in [-0.4, -0.2) is 5.91 Å². The first-order chi connectivity index (χ1) is 14.0. The number of rotatable bonds is 8. The van der Waals surface area contributed by atoms with Gasteiger partial charge in [-0.1, -0.05) is 63.2 Å². The fourth-order valence-corrected chi connectivity index (χ4v) is 3.31. The highest BCUT2D eigenvalue weighted by Crippen LogP contribution is 2.28. The van der Waals surface area contributed by atoms with E-state index in [4.69, 9.17) is 9.15 Å². The Labute approximate surface area is 172 Å². The van der Waals surface area contributed by atoms with Gasteiger partial charge in [0, 0.05) is 0 Å². The van der Waals surface area contributed by atoms with Crippen molar-refractivity contribution in [2.45, 2.75) is 52.7 Å². The molecule has 4 heteroatoms. The van der Waals surface area contributed by atoms with E-state index in [0.29, 0.717) is 17.4 Å². The number of nitrogens with one attached hydrogen (secondary N) is 1. The maximum Gasteiger partial charge on any atom is 0.287 e. The molecule has 1 atom stereocenters. The number of amides is 1. The number of ether oxygens (including phenoxy) is 1. The van der Waals surface area contributed by atoms with Crippen LogP contribution in [-0.2, 0) is 6.61 Å². The van der Waals surface area contributed by atoms with E-state index < -0.39 is 0 Å². The van der Waals surface area contributed by atoms with Crippen molar-refractivity contribution in [3.8, 4) is 5.75 Å². The summed E-state index contributed by atoms with van der Waals surface area (Å²) in [4.78, 5) is 12.6. The first-order valence-corrected chi connectivity index (χ1v) is 10.2. The Bertz CT molecular complexity index is 944. The van der Waals surface area contributed by atoms with Gasteiger partial charge in [-0.15, -0.1) is 0 Å². The number of hydrogen-bond donors (Lipinski definition) is 1. The highest BCUT2D eigenvalue weighted by atomic mass is 16.5. The Kier molecular flexibility index (Phi) is 6.76. The van der Waals surface area contributed by atoms with Gasteiger partial charge in [0.2, 0.25) is 0 Å². The molecule has 29 heavy (non-hydrogen) atoms. The number of carbonyl (C=O) groups excluding carboxylic acids is 1. The number of hydrogen-bond acceptors (Lipinski definition) is 3. The topological polar surface area (TPSA) is 51.5 Å². The van der Waals surface area contributed by atoms with Crippen LogP contribution in [0.25, 0.3) is 0 Å². The lowest BCUT2D eigenvalue weighted by atomic mass is 10.0. The van der Waals surface area contributed by atoms with E-state index in [2.05, 4.69) is 31.3 Å². The van der Waals surface area contributed by atoms with Gasteiger partial charge in [0.15, 0.2) is 5.76 Å². The molecule has 0 fully saturated rings. The SMILES string of the molecule is CCC(NC(=O)c1ccc(COc2cc(C)ccc2C(C)C)o1)c1ccccc1. The van der Waals surface area contributed by atoms with Crippen LogP contribution < -0.4 is 10.1 Å². The fraction of sp³-hybridized carbons (Fsp3) is 0.320. The standard InChI is InChI=1S/C25H29NO3/c1-5-22(19-9-7-6-8-10-19)26-25(27)23-14-12-20(29-23)16-28-24-15-18(4)11-13-21(24)17(2)3/h6-15,17,22H,5,16H2,1-4H3,(H,26,27). The lowest BCUT2D eigenvalue weighted by molar-refractivity contribution is 0.0903. The molecule has 4 nitrogen and oxygen atoms in total. The minimum atomic E-state index is -0.217. The molecule has 0 saturated carbocycles. The second-order valence-electron chi connectivity index (χ2n) is 7.60. The summed E-state index contributed by atoms with van der Waals surface area (Å²) >= 11 is 0. The first kappa shape index (κ1) is 20.7. The molecule has 1 aromatic heterocycles. The van der Waals surface area contributed by atoms with Gasteiger partial charge in [-0.05, 0) is 54.2 Å². The normalized spacial score (nSPS) is 12.0. The van der Waals surface area contributed by atoms with E-state index in [1.54, 1.807) is 12.1 Å². The van der Waals surface area contributed by atoms with Crippen LogP contribution in [0.3, 0.4) is 0 Å². The van der Waals surface area contributed by atoms with E-state index >= 15 is 0 Å². The minimum Gasteiger partial charge on any atom is -0.485 e. The van der Waals surface area contributed by atoms with E-state index in [0.717, 1.165) is 28.9 Å². The van der Waals surface area contributed by atoms with Crippen LogP contribution in [0, 0.1) is 6.92 Å². The molecule has 0 aliphatic rings. The molecule has 0 saturated heterocycles. The third-order valence-electron chi connectivity index (χ3n) is 4.96. The molecule has 152 valence electrons. The molecule has 0 aliphatic heterocycles. The molecule has 3 rings (SSSR count). The van der Waals surface area contributed by atoms with Gasteiger partial charge < -0.3 is 14.5 Å². The van der Waals surface area contributed by atoms with Crippen molar-refractivity contribution in [3.63, 3.8) is 0 Å². The minimum absolute atomic E-state index is 0.0469. The zero-order chi connectivity index (χ0) is 20.8. The first-order valence-electron chi connectivity index (χ1n) is 10.2. The summed E-state index contributed by atoms with van der Waals surface area (Å²) in [6, 6.07) is 19.6. The van der Waals surface area contributed by atoms with Gasteiger partial charge in [-0.3, -0.25) is 4.79 Å². The van der Waals surface area contributed by atoms with Gasteiger partial charge in [0.05, 0.1) is 6.04 Å². The largest absolute Gasteiger partial charge is 0.485 e. The van der Waals surface area contributed by atoms with E-state index in [9.17, 15) is 4.79 Å². The van der Waals surface area contributed by atoms with Crippen LogP contribution in [0.4, 0.5) is 0 Å². The highest BCUT2D eigenvalue weighted by molar-refractivity contribution is 5.91. The smallest absolute Gasteiger partial charge is 0.287 e. The lowest BCUT2D eigenvalue weighted by Gasteiger charge is -2.16. The van der Waals surface area contributed by atoms with E-state index in [1.165, 1.54) is 0 Å². The van der Waals surface area contributed by atoms with Crippen molar-refractivity contribution in [2.24, 2.45) is 0 Å². The molecule has 0 aliphatic carbocycles. The summed E-state index contributed by atoms with van der Waals surface area (Å²) in [5.41, 5.74) is 3.39. The number of benzene rings is 2. The van der Waals surface area contributed by atoms with Crippen LogP contribution in [0.5, 0.6) is 5.75 Å². The maximum atomic E-state index is 12.6. The summed E-state index contributed by atoms with van der Waals surface area (Å²) in [5.74, 6) is 1.93. The molecule has 1 unspecified atom stereocenters. The van der Waals surface area contributed by atoms with Crippen molar-refractivity contribution in [2.75, 3.05) is 0 Å². The summed E-state index contributed by atoms with van der Waals surface area (Å²) in [7, 11) is 0. The summed E-state index contributed by atoms with van der Waals surface area (Å²) in [6.45, 7) is 8.66. The van der Waals surface area contributed by atoms with Gasteiger partial charge in [0.25, 0.3) is 5.91 Å². The number of furan rings is 1. The Morgan fingerprint density at radius 3 is 2.52 bits per heavy atom. The second kappa shape index (κ2) is 9.46. The monoisotopic (exact) mass is 391 g/mol. The van der Waals surface area contributed by atoms with Crippen molar-refractivity contribution >= 4 is 5.91 Å². The predicted octanol–water partition coefficient (Wildman–Crippen LogP) is 6.17. The molecule has 1 heterocycles. The quantitative estimate of drug-likeness (QED) is 0.499. The molecule has 3 aromatic rings. The zero-order valence-electron chi connectivity index (χ0n) is 17.6. The molecule has 0 bridgehead atoms. The lowest BCUT2D eigenvalue weighted by Crippen LogP contribution is -2.27. The molecular formula is C25H29NO3. The average Bonchev–Trinajstić information content (AvgIpc) is 3.20. The van der Waals surface area contributed by atoms with E-state index in [1.807, 2.05) is 50.2 Å². The fourth-order valence-electron chi connectivity index (χ4n) is 3.31. The van der Waals surface area contributed by atoms with Crippen molar-refractivity contribution in [1.82, 2.24) is 5.32 Å². The summed E-state index contributed by atoms with van der Waals surface area (Å²) in [6.07, 6.45) is 0.803.